The second-order valence-electron chi connectivity index (χ2n) is 7.57. The molecule has 0 aliphatic heterocycles. The molecule has 0 spiro atoms. The van der Waals surface area contributed by atoms with Gasteiger partial charge in [0.15, 0.2) is 0 Å². The number of rotatable bonds is 10. The zero-order valence-corrected chi connectivity index (χ0v) is 14.8. The molecule has 4 unspecified atom stereocenters. The Balaban J connectivity index is 1.63. The van der Waals surface area contributed by atoms with Crippen molar-refractivity contribution >= 4 is 0 Å². The normalized spacial score (nSPS) is 30.5. The van der Waals surface area contributed by atoms with Gasteiger partial charge in [-0.3, -0.25) is 0 Å². The fourth-order valence-corrected chi connectivity index (χ4v) is 4.32. The maximum absolute atomic E-state index is 3.71. The quantitative estimate of drug-likeness (QED) is 0.446. The Labute approximate surface area is 137 Å². The summed E-state index contributed by atoms with van der Waals surface area (Å²) in [4.78, 5) is 0. The molecule has 2 saturated carbocycles. The molecular formula is C20H36N2. The molecular weight excluding hydrogens is 268 g/mol. The van der Waals surface area contributed by atoms with E-state index in [9.17, 15) is 0 Å². The smallest absolute Gasteiger partial charge is 0.143 e. The summed E-state index contributed by atoms with van der Waals surface area (Å²) in [5.41, 5.74) is 2.92. The van der Waals surface area contributed by atoms with E-state index in [0.717, 1.165) is 36.0 Å². The molecule has 126 valence electrons. The van der Waals surface area contributed by atoms with Crippen molar-refractivity contribution in [1.29, 1.82) is 0 Å². The van der Waals surface area contributed by atoms with Crippen LogP contribution in [0.1, 0.15) is 71.1 Å². The van der Waals surface area contributed by atoms with E-state index in [1.807, 2.05) is 7.05 Å². The van der Waals surface area contributed by atoms with Crippen LogP contribution in [0.25, 0.3) is 0 Å². The largest absolute Gasteiger partial charge is 0.368 e. The van der Waals surface area contributed by atoms with Crippen molar-refractivity contribution in [2.24, 2.45) is 23.7 Å². The molecule has 0 bridgehead atoms. The number of unbranched alkanes of at least 4 members (excludes halogenated alkanes) is 2. The van der Waals surface area contributed by atoms with Crippen molar-refractivity contribution < 1.29 is 0 Å². The van der Waals surface area contributed by atoms with Crippen LogP contribution in [0.15, 0.2) is 18.1 Å². The third kappa shape index (κ3) is 5.72. The minimum Gasteiger partial charge on any atom is -0.368 e. The minimum absolute atomic E-state index is 0.841. The Bertz CT molecular complexity index is 370. The van der Waals surface area contributed by atoms with Gasteiger partial charge in [0, 0.05) is 13.6 Å². The third-order valence-corrected chi connectivity index (χ3v) is 5.77. The van der Waals surface area contributed by atoms with Gasteiger partial charge in [0.2, 0.25) is 0 Å². The molecule has 4 atom stereocenters. The highest BCUT2D eigenvalue weighted by atomic mass is 15.1. The molecule has 2 rings (SSSR count). The van der Waals surface area contributed by atoms with Crippen molar-refractivity contribution in [2.75, 3.05) is 13.6 Å². The van der Waals surface area contributed by atoms with Crippen LogP contribution in [0.4, 0.5) is 0 Å². The molecule has 0 heterocycles. The molecule has 0 aromatic rings. The van der Waals surface area contributed by atoms with Crippen LogP contribution in [-0.4, -0.2) is 13.6 Å². The van der Waals surface area contributed by atoms with E-state index < -0.39 is 0 Å². The van der Waals surface area contributed by atoms with Gasteiger partial charge in [-0.05, 0) is 49.4 Å². The lowest BCUT2D eigenvalue weighted by molar-refractivity contribution is 0.241. The zero-order chi connectivity index (χ0) is 15.8. The third-order valence-electron chi connectivity index (χ3n) is 5.77. The molecule has 0 amide bonds. The van der Waals surface area contributed by atoms with Crippen molar-refractivity contribution in [3.05, 3.63) is 18.1 Å². The molecule has 2 heteroatoms. The minimum atomic E-state index is 0.841. The predicted molar refractivity (Wildman–Crippen MR) is 95.5 cm³/mol. The Hall–Kier alpha value is -0.880. The maximum Gasteiger partial charge on any atom is 0.143 e. The van der Waals surface area contributed by atoms with Gasteiger partial charge in [-0.2, -0.15) is 0 Å². The lowest BCUT2D eigenvalue weighted by Crippen LogP contribution is -2.30. The van der Waals surface area contributed by atoms with Crippen LogP contribution in [-0.2, 0) is 0 Å². The summed E-state index contributed by atoms with van der Waals surface area (Å²) in [6.07, 6.45) is 14.5. The summed E-state index contributed by atoms with van der Waals surface area (Å²) >= 11 is 0. The van der Waals surface area contributed by atoms with Crippen LogP contribution < -0.4 is 10.6 Å². The fraction of sp³-hybridized carbons (Fsp3) is 0.850. The van der Waals surface area contributed by atoms with Crippen LogP contribution >= 0.6 is 0 Å². The number of nitrogens with one attached hydrogen (secondary N) is 2. The Morgan fingerprint density at radius 3 is 2.68 bits per heavy atom. The lowest BCUT2D eigenvalue weighted by atomic mass is 9.78. The lowest BCUT2D eigenvalue weighted by Gasteiger charge is -2.30. The predicted octanol–water partition coefficient (Wildman–Crippen LogP) is 4.83. The summed E-state index contributed by atoms with van der Waals surface area (Å²) < 4.78 is 0. The average molecular weight is 305 g/mol. The first kappa shape index (κ1) is 17.5. The van der Waals surface area contributed by atoms with Crippen LogP contribution in [0.3, 0.4) is 0 Å². The molecule has 0 aromatic carbocycles. The van der Waals surface area contributed by atoms with Gasteiger partial charge in [-0.25, -0.2) is 0 Å². The van der Waals surface area contributed by atoms with Gasteiger partial charge in [0.05, 0.1) is 0 Å². The summed E-state index contributed by atoms with van der Waals surface area (Å²) in [5.74, 6) is 4.94. The Kier molecular flexibility index (Phi) is 7.39. The second kappa shape index (κ2) is 9.30. The Morgan fingerprint density at radius 1 is 1.14 bits per heavy atom. The van der Waals surface area contributed by atoms with Crippen LogP contribution in [0.2, 0.25) is 0 Å². The molecule has 2 nitrogen and oxygen atoms in total. The second-order valence-corrected chi connectivity index (χ2v) is 7.57. The topological polar surface area (TPSA) is 24.1 Å². The molecule has 0 radical (unpaired) electrons. The zero-order valence-electron chi connectivity index (χ0n) is 14.8. The van der Waals surface area contributed by atoms with Gasteiger partial charge >= 0.3 is 0 Å². The van der Waals surface area contributed by atoms with E-state index in [0.29, 0.717) is 0 Å². The molecule has 0 aromatic heterocycles. The first-order chi connectivity index (χ1) is 10.8. The SMILES string of the molecule is C=C=C(NC)NCC1CCCC(CC2CC2CCCCC)C1. The molecule has 0 saturated heterocycles. The maximum atomic E-state index is 3.71. The summed E-state index contributed by atoms with van der Waals surface area (Å²) in [5, 5.41) is 6.56. The van der Waals surface area contributed by atoms with Gasteiger partial charge < -0.3 is 10.6 Å². The number of hydrogen-bond acceptors (Lipinski definition) is 2. The highest BCUT2D eigenvalue weighted by Crippen LogP contribution is 2.48. The molecule has 2 aliphatic carbocycles. The van der Waals surface area contributed by atoms with Crippen molar-refractivity contribution in [3.63, 3.8) is 0 Å². The molecule has 2 N–H and O–H groups in total. The van der Waals surface area contributed by atoms with Crippen molar-refractivity contribution in [2.45, 2.75) is 71.1 Å². The van der Waals surface area contributed by atoms with Crippen molar-refractivity contribution in [3.8, 4) is 0 Å². The van der Waals surface area contributed by atoms with Gasteiger partial charge in [-0.1, -0.05) is 57.8 Å². The van der Waals surface area contributed by atoms with Crippen LogP contribution in [0.5, 0.6) is 0 Å². The first-order valence-electron chi connectivity index (χ1n) is 9.58. The van der Waals surface area contributed by atoms with E-state index in [4.69, 9.17) is 0 Å². The summed E-state index contributed by atoms with van der Waals surface area (Å²) in [6, 6.07) is 0. The van der Waals surface area contributed by atoms with E-state index in [1.165, 1.54) is 64.2 Å². The molecule has 22 heavy (non-hydrogen) atoms. The van der Waals surface area contributed by atoms with Crippen LogP contribution in [0, 0.1) is 23.7 Å². The fourth-order valence-electron chi connectivity index (χ4n) is 4.32. The van der Waals surface area contributed by atoms with Gasteiger partial charge in [-0.15, -0.1) is 0 Å². The summed E-state index contributed by atoms with van der Waals surface area (Å²) in [6.45, 7) is 7.10. The Morgan fingerprint density at radius 2 is 1.95 bits per heavy atom. The van der Waals surface area contributed by atoms with Gasteiger partial charge in [0.25, 0.3) is 0 Å². The molecule has 2 fully saturated rings. The van der Waals surface area contributed by atoms with E-state index in [1.54, 1.807) is 0 Å². The number of hydrogen-bond donors (Lipinski definition) is 2. The average Bonchev–Trinajstić information content (AvgIpc) is 3.27. The highest BCUT2D eigenvalue weighted by molar-refractivity contribution is 4.94. The first-order valence-corrected chi connectivity index (χ1v) is 9.58. The molecule has 2 aliphatic rings. The monoisotopic (exact) mass is 304 g/mol. The van der Waals surface area contributed by atoms with Gasteiger partial charge in [0.1, 0.15) is 5.82 Å². The highest BCUT2D eigenvalue weighted by Gasteiger charge is 2.38. The standard InChI is InChI=1S/C20H36N2/c1-4-6-7-11-18-14-19(18)13-16-9-8-10-17(12-16)15-22-20(5-2)21-3/h16-19,21-22H,2,4,6-15H2,1,3H3. The van der Waals surface area contributed by atoms with E-state index in [-0.39, 0.29) is 0 Å². The van der Waals surface area contributed by atoms with E-state index >= 15 is 0 Å². The van der Waals surface area contributed by atoms with E-state index in [2.05, 4.69) is 29.9 Å². The summed E-state index contributed by atoms with van der Waals surface area (Å²) in [7, 11) is 1.93. The van der Waals surface area contributed by atoms with Crippen molar-refractivity contribution in [1.82, 2.24) is 10.6 Å².